The molecule has 5 nitrogen and oxygen atoms in total. The molecule has 0 bridgehead atoms. The maximum atomic E-state index is 12.5. The summed E-state index contributed by atoms with van der Waals surface area (Å²) in [4.78, 5) is 17.6. The molecule has 0 saturated carbocycles. The minimum absolute atomic E-state index is 0.00422. The van der Waals surface area contributed by atoms with Crippen molar-refractivity contribution in [3.63, 3.8) is 0 Å². The molecule has 0 spiro atoms. The number of nitrogens with zero attached hydrogens (tertiary/aromatic N) is 1. The van der Waals surface area contributed by atoms with Crippen LogP contribution in [0.4, 0.5) is 5.13 Å². The standard InChI is InChI=1S/C18H15ClN2O3S2/c1-26(23,24)16-5-3-2-4-15(16)17(22)21-18-20-11-14(25-18)10-12-6-8-13(19)9-7-12/h2-9,11H,10H2,1H3,(H,20,21,22). The van der Waals surface area contributed by atoms with E-state index in [1.807, 2.05) is 24.3 Å². The van der Waals surface area contributed by atoms with Crippen LogP contribution in [0.25, 0.3) is 0 Å². The van der Waals surface area contributed by atoms with Crippen LogP contribution in [-0.2, 0) is 16.3 Å². The fourth-order valence-electron chi connectivity index (χ4n) is 2.39. The molecule has 1 aromatic heterocycles. The van der Waals surface area contributed by atoms with Crippen LogP contribution in [-0.4, -0.2) is 25.6 Å². The molecule has 0 fully saturated rings. The summed E-state index contributed by atoms with van der Waals surface area (Å²) in [5.74, 6) is -0.501. The van der Waals surface area contributed by atoms with E-state index in [4.69, 9.17) is 11.6 Å². The average molecular weight is 407 g/mol. The highest BCUT2D eigenvalue weighted by Gasteiger charge is 2.19. The van der Waals surface area contributed by atoms with Gasteiger partial charge in [0.05, 0.1) is 10.5 Å². The molecule has 8 heteroatoms. The van der Waals surface area contributed by atoms with Gasteiger partial charge in [-0.2, -0.15) is 0 Å². The second kappa shape index (κ2) is 7.57. The Labute approximate surface area is 160 Å². The Bertz CT molecular complexity index is 1040. The summed E-state index contributed by atoms with van der Waals surface area (Å²) in [6, 6.07) is 13.6. The predicted molar refractivity (Wildman–Crippen MR) is 104 cm³/mol. The van der Waals surface area contributed by atoms with E-state index < -0.39 is 15.7 Å². The lowest BCUT2D eigenvalue weighted by Crippen LogP contribution is -2.15. The van der Waals surface area contributed by atoms with Crippen LogP contribution in [0.2, 0.25) is 5.02 Å². The Hall–Kier alpha value is -2.22. The first-order chi connectivity index (χ1) is 12.3. The summed E-state index contributed by atoms with van der Waals surface area (Å²) in [7, 11) is -3.50. The Morgan fingerprint density at radius 2 is 1.85 bits per heavy atom. The summed E-state index contributed by atoms with van der Waals surface area (Å²) < 4.78 is 23.7. The molecule has 0 unspecified atom stereocenters. The molecule has 3 aromatic rings. The topological polar surface area (TPSA) is 76.1 Å². The Morgan fingerprint density at radius 3 is 2.54 bits per heavy atom. The minimum atomic E-state index is -3.50. The lowest BCUT2D eigenvalue weighted by atomic mass is 10.1. The highest BCUT2D eigenvalue weighted by atomic mass is 35.5. The van der Waals surface area contributed by atoms with Gasteiger partial charge in [0.15, 0.2) is 15.0 Å². The lowest BCUT2D eigenvalue weighted by molar-refractivity contribution is 0.102. The molecule has 0 radical (unpaired) electrons. The molecule has 3 rings (SSSR count). The van der Waals surface area contributed by atoms with Gasteiger partial charge in [-0.15, -0.1) is 11.3 Å². The zero-order valence-electron chi connectivity index (χ0n) is 13.8. The number of sulfone groups is 1. The first kappa shape index (κ1) is 18.6. The molecule has 134 valence electrons. The van der Waals surface area contributed by atoms with Crippen LogP contribution in [0, 0.1) is 0 Å². The highest BCUT2D eigenvalue weighted by Crippen LogP contribution is 2.23. The molecule has 0 aliphatic rings. The van der Waals surface area contributed by atoms with Crippen molar-refractivity contribution in [3.05, 3.63) is 75.8 Å². The Balaban J connectivity index is 1.75. The first-order valence-electron chi connectivity index (χ1n) is 7.62. The third-order valence-electron chi connectivity index (χ3n) is 3.60. The van der Waals surface area contributed by atoms with Crippen LogP contribution in [0.5, 0.6) is 0 Å². The van der Waals surface area contributed by atoms with E-state index in [1.54, 1.807) is 18.3 Å². The third kappa shape index (κ3) is 4.49. The maximum Gasteiger partial charge on any atom is 0.258 e. The largest absolute Gasteiger partial charge is 0.298 e. The van der Waals surface area contributed by atoms with Crippen molar-refractivity contribution < 1.29 is 13.2 Å². The van der Waals surface area contributed by atoms with E-state index in [-0.39, 0.29) is 10.5 Å². The Kier molecular flexibility index (Phi) is 5.41. The van der Waals surface area contributed by atoms with Gasteiger partial charge in [-0.3, -0.25) is 10.1 Å². The number of aromatic nitrogens is 1. The smallest absolute Gasteiger partial charge is 0.258 e. The summed E-state index contributed by atoms with van der Waals surface area (Å²) in [6.07, 6.45) is 3.44. The van der Waals surface area contributed by atoms with Gasteiger partial charge in [0.25, 0.3) is 5.91 Å². The van der Waals surface area contributed by atoms with Gasteiger partial charge in [0.2, 0.25) is 0 Å². The Morgan fingerprint density at radius 1 is 1.15 bits per heavy atom. The van der Waals surface area contributed by atoms with E-state index in [0.29, 0.717) is 16.6 Å². The fraction of sp³-hybridized carbons (Fsp3) is 0.111. The number of carbonyl (C=O) groups is 1. The van der Waals surface area contributed by atoms with Crippen LogP contribution >= 0.6 is 22.9 Å². The van der Waals surface area contributed by atoms with Crippen molar-refractivity contribution in [1.82, 2.24) is 4.98 Å². The number of rotatable bonds is 5. The monoisotopic (exact) mass is 406 g/mol. The van der Waals surface area contributed by atoms with E-state index in [2.05, 4.69) is 10.3 Å². The highest BCUT2D eigenvalue weighted by molar-refractivity contribution is 7.90. The van der Waals surface area contributed by atoms with Gasteiger partial charge in [-0.05, 0) is 29.8 Å². The lowest BCUT2D eigenvalue weighted by Gasteiger charge is -2.06. The predicted octanol–water partition coefficient (Wildman–Crippen LogP) is 4.04. The number of hydrogen-bond donors (Lipinski definition) is 1. The van der Waals surface area contributed by atoms with Crippen molar-refractivity contribution in [2.45, 2.75) is 11.3 Å². The summed E-state index contributed by atoms with van der Waals surface area (Å²) >= 11 is 7.22. The second-order valence-electron chi connectivity index (χ2n) is 5.66. The SMILES string of the molecule is CS(=O)(=O)c1ccccc1C(=O)Nc1ncc(Cc2ccc(Cl)cc2)s1. The van der Waals surface area contributed by atoms with Crippen molar-refractivity contribution in [2.75, 3.05) is 11.6 Å². The number of carbonyl (C=O) groups excluding carboxylic acids is 1. The van der Waals surface area contributed by atoms with Crippen molar-refractivity contribution in [2.24, 2.45) is 0 Å². The second-order valence-corrected chi connectivity index (χ2v) is 9.19. The molecule has 0 atom stereocenters. The number of amides is 1. The van der Waals surface area contributed by atoms with Crippen LogP contribution in [0.3, 0.4) is 0 Å². The molecule has 1 amide bonds. The molecular weight excluding hydrogens is 392 g/mol. The summed E-state index contributed by atoms with van der Waals surface area (Å²) in [5.41, 5.74) is 1.18. The number of halogens is 1. The normalized spacial score (nSPS) is 11.3. The van der Waals surface area contributed by atoms with Gasteiger partial charge in [-0.1, -0.05) is 35.9 Å². The van der Waals surface area contributed by atoms with Gasteiger partial charge >= 0.3 is 0 Å². The maximum absolute atomic E-state index is 12.5. The summed E-state index contributed by atoms with van der Waals surface area (Å²) in [6.45, 7) is 0. The average Bonchev–Trinajstić information content (AvgIpc) is 3.03. The van der Waals surface area contributed by atoms with Crippen molar-refractivity contribution >= 4 is 43.8 Å². The number of hydrogen-bond acceptors (Lipinski definition) is 5. The molecular formula is C18H15ClN2O3S2. The summed E-state index contributed by atoms with van der Waals surface area (Å²) in [5, 5.41) is 3.76. The van der Waals surface area contributed by atoms with E-state index in [1.165, 1.54) is 23.5 Å². The number of thiazole rings is 1. The van der Waals surface area contributed by atoms with Crippen LogP contribution in [0.15, 0.2) is 59.6 Å². The molecule has 1 N–H and O–H groups in total. The molecule has 0 aliphatic carbocycles. The van der Waals surface area contributed by atoms with Gasteiger partial charge in [0.1, 0.15) is 0 Å². The third-order valence-corrected chi connectivity index (χ3v) is 5.92. The molecule has 0 saturated heterocycles. The minimum Gasteiger partial charge on any atom is -0.298 e. The van der Waals surface area contributed by atoms with Crippen molar-refractivity contribution in [1.29, 1.82) is 0 Å². The fourth-order valence-corrected chi connectivity index (χ4v) is 4.25. The molecule has 1 heterocycles. The quantitative estimate of drug-likeness (QED) is 0.693. The van der Waals surface area contributed by atoms with E-state index >= 15 is 0 Å². The van der Waals surface area contributed by atoms with Crippen molar-refractivity contribution in [3.8, 4) is 0 Å². The first-order valence-corrected chi connectivity index (χ1v) is 10.7. The van der Waals surface area contributed by atoms with E-state index in [9.17, 15) is 13.2 Å². The molecule has 26 heavy (non-hydrogen) atoms. The number of anilines is 1. The van der Waals surface area contributed by atoms with Gasteiger partial charge < -0.3 is 0 Å². The van der Waals surface area contributed by atoms with Gasteiger partial charge in [0, 0.05) is 28.8 Å². The van der Waals surface area contributed by atoms with Crippen LogP contribution < -0.4 is 5.32 Å². The number of benzene rings is 2. The zero-order valence-corrected chi connectivity index (χ0v) is 16.2. The van der Waals surface area contributed by atoms with Gasteiger partial charge in [-0.25, -0.2) is 13.4 Å². The van der Waals surface area contributed by atoms with E-state index in [0.717, 1.165) is 16.7 Å². The number of nitrogens with one attached hydrogen (secondary N) is 1. The molecule has 0 aliphatic heterocycles. The zero-order chi connectivity index (χ0) is 18.7. The van der Waals surface area contributed by atoms with Crippen LogP contribution in [0.1, 0.15) is 20.8 Å². The molecule has 2 aromatic carbocycles.